The Hall–Kier alpha value is -3.30. The van der Waals surface area contributed by atoms with Crippen LogP contribution in [0.2, 0.25) is 5.02 Å². The summed E-state index contributed by atoms with van der Waals surface area (Å²) in [6.45, 7) is 0. The highest BCUT2D eigenvalue weighted by molar-refractivity contribution is 7.99. The predicted octanol–water partition coefficient (Wildman–Crippen LogP) is 4.99. The zero-order chi connectivity index (χ0) is 21.8. The molecule has 0 bridgehead atoms. The van der Waals surface area contributed by atoms with Crippen molar-refractivity contribution in [2.75, 3.05) is 11.1 Å². The number of nitrogens with zero attached hydrogens (tertiary/aromatic N) is 4. The third kappa shape index (κ3) is 4.89. The van der Waals surface area contributed by atoms with E-state index in [4.69, 9.17) is 11.6 Å². The number of benzene rings is 2. The molecule has 2 aromatic heterocycles. The Morgan fingerprint density at radius 3 is 2.58 bits per heavy atom. The zero-order valence-electron chi connectivity index (χ0n) is 15.8. The van der Waals surface area contributed by atoms with Crippen molar-refractivity contribution in [2.45, 2.75) is 5.16 Å². The SMILES string of the molecule is O=C(CSc1nnc(-c2ccccn2)n1-c1ccc(Cl)cc1)Nc1ccc(F)cc1F. The second kappa shape index (κ2) is 9.23. The van der Waals surface area contributed by atoms with Gasteiger partial charge in [-0.2, -0.15) is 0 Å². The highest BCUT2D eigenvalue weighted by atomic mass is 35.5. The molecule has 6 nitrogen and oxygen atoms in total. The molecule has 1 N–H and O–H groups in total. The number of anilines is 1. The smallest absolute Gasteiger partial charge is 0.234 e. The number of amides is 1. The van der Waals surface area contributed by atoms with Crippen LogP contribution in [-0.4, -0.2) is 31.4 Å². The fourth-order valence-electron chi connectivity index (χ4n) is 2.75. The van der Waals surface area contributed by atoms with Crippen molar-refractivity contribution >= 4 is 35.0 Å². The molecule has 0 fully saturated rings. The molecule has 0 atom stereocenters. The molecule has 0 radical (unpaired) electrons. The van der Waals surface area contributed by atoms with Gasteiger partial charge < -0.3 is 5.32 Å². The van der Waals surface area contributed by atoms with Crippen LogP contribution in [0.25, 0.3) is 17.2 Å². The van der Waals surface area contributed by atoms with Gasteiger partial charge in [-0.15, -0.1) is 10.2 Å². The summed E-state index contributed by atoms with van der Waals surface area (Å²) >= 11 is 7.12. The van der Waals surface area contributed by atoms with Crippen LogP contribution >= 0.6 is 23.4 Å². The largest absolute Gasteiger partial charge is 0.323 e. The van der Waals surface area contributed by atoms with Crippen LogP contribution < -0.4 is 5.32 Å². The van der Waals surface area contributed by atoms with Crippen molar-refractivity contribution < 1.29 is 13.6 Å². The number of halogens is 3. The van der Waals surface area contributed by atoms with E-state index >= 15 is 0 Å². The van der Waals surface area contributed by atoms with Crippen molar-refractivity contribution in [3.8, 4) is 17.2 Å². The van der Waals surface area contributed by atoms with E-state index in [-0.39, 0.29) is 11.4 Å². The van der Waals surface area contributed by atoms with Crippen molar-refractivity contribution in [1.29, 1.82) is 0 Å². The Morgan fingerprint density at radius 1 is 1.06 bits per heavy atom. The molecule has 0 aliphatic rings. The molecule has 2 aromatic carbocycles. The number of pyridine rings is 1. The van der Waals surface area contributed by atoms with E-state index in [2.05, 4.69) is 20.5 Å². The number of hydrogen-bond acceptors (Lipinski definition) is 5. The van der Waals surface area contributed by atoms with E-state index in [0.717, 1.165) is 23.5 Å². The average molecular weight is 458 g/mol. The number of aromatic nitrogens is 4. The normalized spacial score (nSPS) is 10.8. The van der Waals surface area contributed by atoms with E-state index in [1.54, 1.807) is 47.2 Å². The topological polar surface area (TPSA) is 72.7 Å². The minimum Gasteiger partial charge on any atom is -0.323 e. The first-order valence-corrected chi connectivity index (χ1v) is 10.4. The molecule has 0 spiro atoms. The Morgan fingerprint density at radius 2 is 1.87 bits per heavy atom. The Balaban J connectivity index is 1.58. The summed E-state index contributed by atoms with van der Waals surface area (Å²) in [5.74, 6) is -1.61. The van der Waals surface area contributed by atoms with Crippen LogP contribution in [0.4, 0.5) is 14.5 Å². The van der Waals surface area contributed by atoms with Crippen LogP contribution in [0.15, 0.2) is 72.0 Å². The molecule has 0 saturated carbocycles. The molecule has 0 unspecified atom stereocenters. The summed E-state index contributed by atoms with van der Waals surface area (Å²) in [6, 6.07) is 15.4. The summed E-state index contributed by atoms with van der Waals surface area (Å²) < 4.78 is 28.6. The lowest BCUT2D eigenvalue weighted by atomic mass is 10.3. The van der Waals surface area contributed by atoms with Gasteiger partial charge in [-0.1, -0.05) is 29.4 Å². The lowest BCUT2D eigenvalue weighted by Gasteiger charge is -2.10. The molecule has 0 aliphatic heterocycles. The molecule has 2 heterocycles. The lowest BCUT2D eigenvalue weighted by molar-refractivity contribution is -0.113. The molecule has 1 amide bonds. The maximum atomic E-state index is 13.8. The predicted molar refractivity (Wildman–Crippen MR) is 115 cm³/mol. The van der Waals surface area contributed by atoms with Gasteiger partial charge in [0.1, 0.15) is 17.3 Å². The van der Waals surface area contributed by atoms with Crippen molar-refractivity contribution in [2.24, 2.45) is 0 Å². The van der Waals surface area contributed by atoms with Gasteiger partial charge in [0, 0.05) is 23.0 Å². The Kier molecular flexibility index (Phi) is 6.24. The molecule has 0 saturated heterocycles. The van der Waals surface area contributed by atoms with Gasteiger partial charge in [-0.05, 0) is 48.5 Å². The third-order valence-electron chi connectivity index (χ3n) is 4.15. The van der Waals surface area contributed by atoms with Crippen LogP contribution in [0, 0.1) is 11.6 Å². The van der Waals surface area contributed by atoms with E-state index in [9.17, 15) is 13.6 Å². The molecule has 4 rings (SSSR count). The molecule has 156 valence electrons. The van der Waals surface area contributed by atoms with Gasteiger partial charge >= 0.3 is 0 Å². The first-order valence-electron chi connectivity index (χ1n) is 9.02. The average Bonchev–Trinajstić information content (AvgIpc) is 3.19. The monoisotopic (exact) mass is 457 g/mol. The summed E-state index contributed by atoms with van der Waals surface area (Å²) in [4.78, 5) is 16.6. The van der Waals surface area contributed by atoms with E-state index in [1.807, 2.05) is 6.07 Å². The summed E-state index contributed by atoms with van der Waals surface area (Å²) in [5, 5.41) is 11.9. The fraction of sp³-hybridized carbons (Fsp3) is 0.0476. The lowest BCUT2D eigenvalue weighted by Crippen LogP contribution is -2.15. The van der Waals surface area contributed by atoms with Crippen molar-refractivity contribution in [3.63, 3.8) is 0 Å². The molecule has 31 heavy (non-hydrogen) atoms. The third-order valence-corrected chi connectivity index (χ3v) is 5.33. The quantitative estimate of drug-likeness (QED) is 0.413. The van der Waals surface area contributed by atoms with E-state index in [0.29, 0.717) is 27.8 Å². The summed E-state index contributed by atoms with van der Waals surface area (Å²) in [6.07, 6.45) is 1.65. The molecular weight excluding hydrogens is 444 g/mol. The number of carbonyl (C=O) groups is 1. The van der Waals surface area contributed by atoms with Crippen molar-refractivity contribution in [1.82, 2.24) is 19.7 Å². The summed E-state index contributed by atoms with van der Waals surface area (Å²) in [5.41, 5.74) is 1.25. The Bertz CT molecular complexity index is 1220. The molecular formula is C21H14ClF2N5OS. The Labute approximate surface area is 185 Å². The van der Waals surface area contributed by atoms with E-state index < -0.39 is 17.5 Å². The van der Waals surface area contributed by atoms with Crippen LogP contribution in [0.5, 0.6) is 0 Å². The van der Waals surface area contributed by atoms with E-state index in [1.165, 1.54) is 6.07 Å². The standard InChI is InChI=1S/C21H14ClF2N5OS/c22-13-4-7-15(8-5-13)29-20(18-3-1-2-10-25-18)27-28-21(29)31-12-19(30)26-17-9-6-14(23)11-16(17)24/h1-11H,12H2,(H,26,30). The number of rotatable bonds is 6. The summed E-state index contributed by atoms with van der Waals surface area (Å²) in [7, 11) is 0. The van der Waals surface area contributed by atoms with Crippen molar-refractivity contribution in [3.05, 3.63) is 83.5 Å². The maximum Gasteiger partial charge on any atom is 0.234 e. The number of hydrogen-bond donors (Lipinski definition) is 1. The van der Waals surface area contributed by atoms with Gasteiger partial charge in [-0.3, -0.25) is 14.3 Å². The maximum absolute atomic E-state index is 13.8. The van der Waals surface area contributed by atoms with Crippen LogP contribution in [0.1, 0.15) is 0 Å². The van der Waals surface area contributed by atoms with Gasteiger partial charge in [0.25, 0.3) is 0 Å². The first-order chi connectivity index (χ1) is 15.0. The number of thioether (sulfide) groups is 1. The van der Waals surface area contributed by atoms with Gasteiger partial charge in [0.2, 0.25) is 5.91 Å². The second-order valence-electron chi connectivity index (χ2n) is 6.29. The molecule has 4 aromatic rings. The number of carbonyl (C=O) groups excluding carboxylic acids is 1. The van der Waals surface area contributed by atoms with Gasteiger partial charge in [0.05, 0.1) is 11.4 Å². The highest BCUT2D eigenvalue weighted by Crippen LogP contribution is 2.28. The van der Waals surface area contributed by atoms with Crippen LogP contribution in [-0.2, 0) is 4.79 Å². The fourth-order valence-corrected chi connectivity index (χ4v) is 3.63. The first kappa shape index (κ1) is 21.0. The number of nitrogens with one attached hydrogen (secondary N) is 1. The zero-order valence-corrected chi connectivity index (χ0v) is 17.4. The minimum atomic E-state index is -0.847. The van der Waals surface area contributed by atoms with Gasteiger partial charge in [-0.25, -0.2) is 8.78 Å². The highest BCUT2D eigenvalue weighted by Gasteiger charge is 2.18. The van der Waals surface area contributed by atoms with Gasteiger partial charge in [0.15, 0.2) is 11.0 Å². The molecule has 0 aliphatic carbocycles. The van der Waals surface area contributed by atoms with Crippen LogP contribution in [0.3, 0.4) is 0 Å². The second-order valence-corrected chi connectivity index (χ2v) is 7.67. The minimum absolute atomic E-state index is 0.0647. The molecule has 10 heteroatoms.